The molecule has 8 nitrogen and oxygen atoms in total. The van der Waals surface area contributed by atoms with Crippen LogP contribution in [0.3, 0.4) is 0 Å². The monoisotopic (exact) mass is 281 g/mol. The van der Waals surface area contributed by atoms with Crippen LogP contribution in [0.25, 0.3) is 0 Å². The SMILES string of the molecule is CCC1(CNC(=O)NCCn2cc(C(=O)O)nn2)CC1. The molecule has 0 radical (unpaired) electrons. The molecule has 2 amide bonds. The number of nitrogens with zero attached hydrogens (tertiary/aromatic N) is 3. The van der Waals surface area contributed by atoms with E-state index in [2.05, 4.69) is 27.9 Å². The molecule has 3 N–H and O–H groups in total. The minimum atomic E-state index is -1.11. The van der Waals surface area contributed by atoms with Crippen LogP contribution in [0.4, 0.5) is 4.79 Å². The van der Waals surface area contributed by atoms with Crippen LogP contribution in [-0.2, 0) is 6.54 Å². The number of carboxylic acids is 1. The van der Waals surface area contributed by atoms with E-state index in [0.29, 0.717) is 25.0 Å². The Bertz CT molecular complexity index is 495. The van der Waals surface area contributed by atoms with E-state index in [1.54, 1.807) is 0 Å². The molecular formula is C12H19N5O3. The number of rotatable bonds is 7. The second kappa shape index (κ2) is 5.89. The summed E-state index contributed by atoms with van der Waals surface area (Å²) in [4.78, 5) is 22.2. The summed E-state index contributed by atoms with van der Waals surface area (Å²) < 4.78 is 1.39. The van der Waals surface area contributed by atoms with Gasteiger partial charge in [-0.15, -0.1) is 5.10 Å². The van der Waals surface area contributed by atoms with Gasteiger partial charge < -0.3 is 15.7 Å². The molecule has 110 valence electrons. The number of carboxylic acid groups (broad SMARTS) is 1. The van der Waals surface area contributed by atoms with Gasteiger partial charge in [0.2, 0.25) is 0 Å². The van der Waals surface area contributed by atoms with Gasteiger partial charge >= 0.3 is 12.0 Å². The van der Waals surface area contributed by atoms with Gasteiger partial charge in [0.1, 0.15) is 0 Å². The highest BCUT2D eigenvalue weighted by atomic mass is 16.4. The molecule has 2 rings (SSSR count). The summed E-state index contributed by atoms with van der Waals surface area (Å²) in [5, 5.41) is 21.4. The molecule has 1 aromatic rings. The normalized spacial score (nSPS) is 15.7. The molecular weight excluding hydrogens is 262 g/mol. The highest BCUT2D eigenvalue weighted by molar-refractivity contribution is 5.84. The van der Waals surface area contributed by atoms with Gasteiger partial charge in [0.15, 0.2) is 5.69 Å². The van der Waals surface area contributed by atoms with Gasteiger partial charge in [-0.3, -0.25) is 0 Å². The van der Waals surface area contributed by atoms with Crippen LogP contribution < -0.4 is 10.6 Å². The summed E-state index contributed by atoms with van der Waals surface area (Å²) in [5.41, 5.74) is 0.215. The first kappa shape index (κ1) is 14.3. The maximum Gasteiger partial charge on any atom is 0.358 e. The lowest BCUT2D eigenvalue weighted by Crippen LogP contribution is -2.40. The predicted octanol–water partition coefficient (Wildman–Crippen LogP) is 0.466. The van der Waals surface area contributed by atoms with Gasteiger partial charge in [-0.1, -0.05) is 12.1 Å². The standard InChI is InChI=1S/C12H19N5O3/c1-2-12(3-4-12)8-14-11(20)13-5-6-17-7-9(10(18)19)15-16-17/h7H,2-6,8H2,1H3,(H,18,19)(H2,13,14,20). The lowest BCUT2D eigenvalue weighted by atomic mass is 10.0. The van der Waals surface area contributed by atoms with Gasteiger partial charge in [-0.05, 0) is 24.7 Å². The van der Waals surface area contributed by atoms with Gasteiger partial charge in [-0.25, -0.2) is 14.3 Å². The number of hydrogen-bond acceptors (Lipinski definition) is 4. The zero-order valence-electron chi connectivity index (χ0n) is 11.4. The first-order valence-electron chi connectivity index (χ1n) is 6.70. The van der Waals surface area contributed by atoms with Gasteiger partial charge in [-0.2, -0.15) is 0 Å². The number of carbonyl (C=O) groups excluding carboxylic acids is 1. The summed E-state index contributed by atoms with van der Waals surface area (Å²) >= 11 is 0. The fourth-order valence-electron chi connectivity index (χ4n) is 1.95. The summed E-state index contributed by atoms with van der Waals surface area (Å²) in [6, 6.07) is -0.205. The van der Waals surface area contributed by atoms with E-state index in [1.165, 1.54) is 23.7 Å². The van der Waals surface area contributed by atoms with Crippen molar-refractivity contribution in [2.75, 3.05) is 13.1 Å². The molecule has 0 spiro atoms. The summed E-state index contributed by atoms with van der Waals surface area (Å²) in [5.74, 6) is -1.11. The first-order chi connectivity index (χ1) is 9.54. The number of carbonyl (C=O) groups is 2. The molecule has 8 heteroatoms. The van der Waals surface area contributed by atoms with Gasteiger partial charge in [0.25, 0.3) is 0 Å². The average molecular weight is 281 g/mol. The molecule has 0 aromatic carbocycles. The van der Waals surface area contributed by atoms with Crippen LogP contribution >= 0.6 is 0 Å². The smallest absolute Gasteiger partial charge is 0.358 e. The lowest BCUT2D eigenvalue weighted by molar-refractivity contribution is 0.0690. The number of urea groups is 1. The van der Waals surface area contributed by atoms with Crippen molar-refractivity contribution in [3.05, 3.63) is 11.9 Å². The number of amides is 2. The fourth-order valence-corrected chi connectivity index (χ4v) is 1.95. The average Bonchev–Trinajstić information content (AvgIpc) is 3.06. The highest BCUT2D eigenvalue weighted by Gasteiger charge is 2.40. The Labute approximate surface area is 116 Å². The van der Waals surface area contributed by atoms with Crippen molar-refractivity contribution in [3.8, 4) is 0 Å². The second-order valence-corrected chi connectivity index (χ2v) is 5.14. The summed E-state index contributed by atoms with van der Waals surface area (Å²) in [6.07, 6.45) is 4.78. The number of hydrogen-bond donors (Lipinski definition) is 3. The van der Waals surface area contributed by atoms with Crippen molar-refractivity contribution < 1.29 is 14.7 Å². The van der Waals surface area contributed by atoms with E-state index in [0.717, 1.165) is 6.42 Å². The van der Waals surface area contributed by atoms with E-state index in [4.69, 9.17) is 5.11 Å². The van der Waals surface area contributed by atoms with E-state index in [-0.39, 0.29) is 11.7 Å². The second-order valence-electron chi connectivity index (χ2n) is 5.14. The Hall–Kier alpha value is -2.12. The maximum absolute atomic E-state index is 11.6. The number of aromatic nitrogens is 3. The maximum atomic E-state index is 11.6. The van der Waals surface area contributed by atoms with Crippen molar-refractivity contribution in [2.24, 2.45) is 5.41 Å². The summed E-state index contributed by atoms with van der Waals surface area (Å²) in [7, 11) is 0. The Morgan fingerprint density at radius 3 is 2.75 bits per heavy atom. The Kier molecular flexibility index (Phi) is 4.21. The molecule has 1 aliphatic rings. The van der Waals surface area contributed by atoms with Gasteiger partial charge in [0.05, 0.1) is 12.7 Å². The van der Waals surface area contributed by atoms with Crippen molar-refractivity contribution in [1.82, 2.24) is 25.6 Å². The van der Waals surface area contributed by atoms with Crippen LogP contribution in [0.5, 0.6) is 0 Å². The van der Waals surface area contributed by atoms with E-state index in [9.17, 15) is 9.59 Å². The van der Waals surface area contributed by atoms with Crippen LogP contribution in [0.1, 0.15) is 36.7 Å². The Morgan fingerprint density at radius 2 is 2.20 bits per heavy atom. The topological polar surface area (TPSA) is 109 Å². The zero-order valence-corrected chi connectivity index (χ0v) is 11.4. The van der Waals surface area contributed by atoms with E-state index in [1.807, 2.05) is 0 Å². The fraction of sp³-hybridized carbons (Fsp3) is 0.667. The number of nitrogens with one attached hydrogen (secondary N) is 2. The third kappa shape index (κ3) is 3.69. The molecule has 20 heavy (non-hydrogen) atoms. The Balaban J connectivity index is 1.64. The molecule has 0 aliphatic heterocycles. The number of aromatic carboxylic acids is 1. The largest absolute Gasteiger partial charge is 0.476 e. The van der Waals surface area contributed by atoms with Crippen LogP contribution in [-0.4, -0.2) is 45.2 Å². The molecule has 1 fully saturated rings. The third-order valence-corrected chi connectivity index (χ3v) is 3.72. The molecule has 0 unspecified atom stereocenters. The third-order valence-electron chi connectivity index (χ3n) is 3.72. The molecule has 0 atom stereocenters. The molecule has 0 saturated heterocycles. The van der Waals surface area contributed by atoms with Crippen molar-refractivity contribution >= 4 is 12.0 Å². The van der Waals surface area contributed by atoms with Crippen molar-refractivity contribution in [1.29, 1.82) is 0 Å². The molecule has 1 aromatic heterocycles. The lowest BCUT2D eigenvalue weighted by Gasteiger charge is -2.13. The highest BCUT2D eigenvalue weighted by Crippen LogP contribution is 2.47. The van der Waals surface area contributed by atoms with Crippen LogP contribution in [0.15, 0.2) is 6.20 Å². The quantitative estimate of drug-likeness (QED) is 0.673. The van der Waals surface area contributed by atoms with Crippen LogP contribution in [0, 0.1) is 5.41 Å². The molecule has 0 bridgehead atoms. The minimum absolute atomic E-state index is 0.104. The van der Waals surface area contributed by atoms with Gasteiger partial charge in [0, 0.05) is 13.1 Å². The first-order valence-corrected chi connectivity index (χ1v) is 6.70. The van der Waals surface area contributed by atoms with E-state index < -0.39 is 5.97 Å². The van der Waals surface area contributed by atoms with E-state index >= 15 is 0 Å². The zero-order chi connectivity index (χ0) is 14.6. The minimum Gasteiger partial charge on any atom is -0.476 e. The molecule has 1 heterocycles. The Morgan fingerprint density at radius 1 is 1.45 bits per heavy atom. The van der Waals surface area contributed by atoms with Crippen LogP contribution in [0.2, 0.25) is 0 Å². The summed E-state index contributed by atoms with van der Waals surface area (Å²) in [6.45, 7) is 3.60. The predicted molar refractivity (Wildman–Crippen MR) is 70.3 cm³/mol. The molecule has 1 aliphatic carbocycles. The van der Waals surface area contributed by atoms with Crippen molar-refractivity contribution in [2.45, 2.75) is 32.7 Å². The molecule has 1 saturated carbocycles. The van der Waals surface area contributed by atoms with Crippen molar-refractivity contribution in [3.63, 3.8) is 0 Å².